The topological polar surface area (TPSA) is 79.3 Å². The highest BCUT2D eigenvalue weighted by molar-refractivity contribution is 5.79. The lowest BCUT2D eigenvalue weighted by molar-refractivity contribution is -0.120. The van der Waals surface area contributed by atoms with Crippen LogP contribution < -0.4 is 10.6 Å². The zero-order valence-electron chi connectivity index (χ0n) is 13.3. The summed E-state index contributed by atoms with van der Waals surface area (Å²) in [6.07, 6.45) is 1.69. The van der Waals surface area contributed by atoms with Crippen LogP contribution >= 0.6 is 0 Å². The van der Waals surface area contributed by atoms with Crippen LogP contribution in [-0.2, 0) is 11.3 Å². The van der Waals surface area contributed by atoms with E-state index in [1.54, 1.807) is 6.07 Å². The summed E-state index contributed by atoms with van der Waals surface area (Å²) in [5, 5.41) is 9.46. The number of hydrogen-bond acceptors (Lipinski definition) is 3. The second kappa shape index (κ2) is 7.29. The van der Waals surface area contributed by atoms with E-state index >= 15 is 0 Å². The van der Waals surface area contributed by atoms with Gasteiger partial charge in [0, 0.05) is 32.3 Å². The molecule has 9 heteroatoms. The summed E-state index contributed by atoms with van der Waals surface area (Å²) in [5.74, 6) is -1.53. The molecule has 1 fully saturated rings. The Labute approximate surface area is 142 Å². The van der Waals surface area contributed by atoms with Crippen LogP contribution in [0.1, 0.15) is 12.1 Å². The average molecular weight is 349 g/mol. The molecule has 0 radical (unpaired) electrons. The molecular formula is C16H17F2N5O2. The van der Waals surface area contributed by atoms with Gasteiger partial charge in [0.1, 0.15) is 5.69 Å². The molecule has 3 rings (SSSR count). The molecule has 132 valence electrons. The van der Waals surface area contributed by atoms with Crippen LogP contribution in [0.4, 0.5) is 13.6 Å². The number of para-hydroxylation sites is 1. The third-order valence-electron chi connectivity index (χ3n) is 3.83. The summed E-state index contributed by atoms with van der Waals surface area (Å²) in [6, 6.07) is 4.83. The van der Waals surface area contributed by atoms with Gasteiger partial charge in [-0.05, 0) is 18.2 Å². The number of carbonyl (C=O) groups is 2. The molecule has 1 aromatic heterocycles. The highest BCUT2D eigenvalue weighted by Crippen LogP contribution is 2.16. The van der Waals surface area contributed by atoms with E-state index in [0.29, 0.717) is 25.3 Å². The van der Waals surface area contributed by atoms with Gasteiger partial charge in [-0.15, -0.1) is 0 Å². The zero-order valence-corrected chi connectivity index (χ0v) is 13.3. The molecule has 7 nitrogen and oxygen atoms in total. The van der Waals surface area contributed by atoms with Crippen molar-refractivity contribution in [1.82, 2.24) is 25.3 Å². The van der Waals surface area contributed by atoms with E-state index in [1.807, 2.05) is 0 Å². The molecule has 0 saturated carbocycles. The van der Waals surface area contributed by atoms with E-state index in [2.05, 4.69) is 15.7 Å². The molecule has 2 heterocycles. The van der Waals surface area contributed by atoms with Gasteiger partial charge >= 0.3 is 6.03 Å². The minimum absolute atomic E-state index is 0.0824. The van der Waals surface area contributed by atoms with Crippen LogP contribution in [0.25, 0.3) is 5.69 Å². The molecular weight excluding hydrogens is 332 g/mol. The van der Waals surface area contributed by atoms with Crippen molar-refractivity contribution < 1.29 is 18.4 Å². The first kappa shape index (κ1) is 16.9. The Morgan fingerprint density at radius 2 is 2.00 bits per heavy atom. The van der Waals surface area contributed by atoms with Crippen molar-refractivity contribution >= 4 is 11.9 Å². The highest BCUT2D eigenvalue weighted by atomic mass is 19.1. The molecule has 1 saturated heterocycles. The fraction of sp³-hybridized carbons (Fsp3) is 0.312. The van der Waals surface area contributed by atoms with Crippen LogP contribution in [0.3, 0.4) is 0 Å². The second-order valence-corrected chi connectivity index (χ2v) is 5.57. The molecule has 0 bridgehead atoms. The Morgan fingerprint density at radius 3 is 2.76 bits per heavy atom. The Hall–Kier alpha value is -2.97. The molecule has 0 unspecified atom stereocenters. The summed E-state index contributed by atoms with van der Waals surface area (Å²) in [6.45, 7) is 1.28. The molecule has 0 atom stereocenters. The Kier molecular flexibility index (Phi) is 4.92. The van der Waals surface area contributed by atoms with Crippen LogP contribution in [0.2, 0.25) is 0 Å². The van der Waals surface area contributed by atoms with E-state index in [-0.39, 0.29) is 30.6 Å². The first-order valence-electron chi connectivity index (χ1n) is 7.83. The number of rotatable bonds is 3. The van der Waals surface area contributed by atoms with E-state index < -0.39 is 11.6 Å². The molecule has 1 aliphatic heterocycles. The number of nitrogens with zero attached hydrogens (tertiary/aromatic N) is 3. The number of urea groups is 1. The van der Waals surface area contributed by atoms with Gasteiger partial charge < -0.3 is 15.5 Å². The Balaban J connectivity index is 1.62. The Morgan fingerprint density at radius 1 is 1.24 bits per heavy atom. The monoisotopic (exact) mass is 349 g/mol. The van der Waals surface area contributed by atoms with Gasteiger partial charge in [0.25, 0.3) is 0 Å². The Bertz CT molecular complexity index is 772. The van der Waals surface area contributed by atoms with E-state index in [0.717, 1.165) is 16.8 Å². The summed E-state index contributed by atoms with van der Waals surface area (Å²) in [4.78, 5) is 24.9. The highest BCUT2D eigenvalue weighted by Gasteiger charge is 2.18. The van der Waals surface area contributed by atoms with Crippen molar-refractivity contribution in [3.8, 4) is 5.69 Å². The summed E-state index contributed by atoms with van der Waals surface area (Å²) in [5.41, 5.74) is 0.192. The zero-order chi connectivity index (χ0) is 17.8. The second-order valence-electron chi connectivity index (χ2n) is 5.57. The fourth-order valence-corrected chi connectivity index (χ4v) is 2.54. The van der Waals surface area contributed by atoms with Gasteiger partial charge in [-0.25, -0.2) is 18.3 Å². The van der Waals surface area contributed by atoms with Crippen molar-refractivity contribution in [2.75, 3.05) is 19.6 Å². The van der Waals surface area contributed by atoms with E-state index in [9.17, 15) is 18.4 Å². The van der Waals surface area contributed by atoms with Crippen molar-refractivity contribution in [2.45, 2.75) is 13.0 Å². The van der Waals surface area contributed by atoms with Crippen molar-refractivity contribution in [3.05, 3.63) is 47.8 Å². The molecule has 2 aromatic rings. The minimum atomic E-state index is -0.722. The number of benzene rings is 1. The third kappa shape index (κ3) is 3.93. The molecule has 2 N–H and O–H groups in total. The summed E-state index contributed by atoms with van der Waals surface area (Å²) >= 11 is 0. The molecule has 0 aliphatic carbocycles. The molecule has 0 spiro atoms. The predicted molar refractivity (Wildman–Crippen MR) is 84.9 cm³/mol. The smallest absolute Gasteiger partial charge is 0.317 e. The van der Waals surface area contributed by atoms with E-state index in [4.69, 9.17) is 0 Å². The van der Waals surface area contributed by atoms with Crippen LogP contribution in [0.15, 0.2) is 30.5 Å². The lowest BCUT2D eigenvalue weighted by Gasteiger charge is -2.19. The molecule has 25 heavy (non-hydrogen) atoms. The number of aromatic nitrogens is 2. The van der Waals surface area contributed by atoms with Crippen LogP contribution in [-0.4, -0.2) is 46.3 Å². The maximum Gasteiger partial charge on any atom is 0.317 e. The first-order valence-corrected chi connectivity index (χ1v) is 7.83. The molecule has 1 aliphatic rings. The first-order chi connectivity index (χ1) is 12.0. The number of amides is 3. The van der Waals surface area contributed by atoms with Gasteiger partial charge in [0.15, 0.2) is 11.6 Å². The van der Waals surface area contributed by atoms with Crippen LogP contribution in [0.5, 0.6) is 0 Å². The van der Waals surface area contributed by atoms with Gasteiger partial charge in [0.05, 0.1) is 12.2 Å². The predicted octanol–water partition coefficient (Wildman–Crippen LogP) is 1.18. The fourth-order valence-electron chi connectivity index (χ4n) is 2.54. The van der Waals surface area contributed by atoms with Crippen molar-refractivity contribution in [1.29, 1.82) is 0 Å². The number of halogens is 2. The SMILES string of the molecule is O=C1CCN(C(=O)NCc2ccn(-c3c(F)cccc3F)n2)CCN1. The lowest BCUT2D eigenvalue weighted by Crippen LogP contribution is -2.41. The van der Waals surface area contributed by atoms with Crippen LogP contribution in [0, 0.1) is 11.6 Å². The quantitative estimate of drug-likeness (QED) is 0.873. The minimum Gasteiger partial charge on any atom is -0.354 e. The summed E-state index contributed by atoms with van der Waals surface area (Å²) in [7, 11) is 0. The number of carbonyl (C=O) groups excluding carboxylic acids is 2. The van der Waals surface area contributed by atoms with Crippen molar-refractivity contribution in [2.24, 2.45) is 0 Å². The molecule has 1 aromatic carbocycles. The standard InChI is InChI=1S/C16H17F2N5O2/c17-12-2-1-3-13(18)15(12)23-8-4-11(21-23)10-20-16(25)22-7-5-14(24)19-6-9-22/h1-4,8H,5-7,9-10H2,(H,19,24)(H,20,25). The maximum absolute atomic E-state index is 13.8. The van der Waals surface area contributed by atoms with Gasteiger partial charge in [0.2, 0.25) is 5.91 Å². The largest absolute Gasteiger partial charge is 0.354 e. The molecule has 3 amide bonds. The summed E-state index contributed by atoms with van der Waals surface area (Å²) < 4.78 is 28.6. The number of nitrogens with one attached hydrogen (secondary N) is 2. The van der Waals surface area contributed by atoms with Gasteiger partial charge in [-0.2, -0.15) is 5.10 Å². The van der Waals surface area contributed by atoms with Gasteiger partial charge in [-0.3, -0.25) is 4.79 Å². The van der Waals surface area contributed by atoms with Crippen molar-refractivity contribution in [3.63, 3.8) is 0 Å². The lowest BCUT2D eigenvalue weighted by atomic mass is 10.3. The van der Waals surface area contributed by atoms with Gasteiger partial charge in [-0.1, -0.05) is 6.07 Å². The van der Waals surface area contributed by atoms with E-state index in [1.165, 1.54) is 17.2 Å². The normalized spacial score (nSPS) is 14.8. The maximum atomic E-state index is 13.8. The average Bonchev–Trinajstić information content (AvgIpc) is 2.93. The third-order valence-corrected chi connectivity index (χ3v) is 3.83. The number of hydrogen-bond donors (Lipinski definition) is 2.